The predicted molar refractivity (Wildman–Crippen MR) is 332 cm³/mol. The molecule has 0 bridgehead atoms. The van der Waals surface area contributed by atoms with Crippen LogP contribution in [0.1, 0.15) is 136 Å². The predicted octanol–water partition coefficient (Wildman–Crippen LogP) is 18.3. The van der Waals surface area contributed by atoms with Crippen molar-refractivity contribution in [3.05, 3.63) is 287 Å². The molecular weight excluding hydrogens is 989 g/mol. The van der Waals surface area contributed by atoms with Crippen molar-refractivity contribution in [2.24, 2.45) is 0 Å². The topological polar surface area (TPSA) is 58.9 Å². The Morgan fingerprint density at radius 3 is 1.10 bits per heavy atom. The summed E-state index contributed by atoms with van der Waals surface area (Å²) < 4.78 is 11.2. The Morgan fingerprint density at radius 1 is 0.333 bits per heavy atom. The molecule has 0 amide bonds. The molecule has 1 unspecified atom stereocenters. The van der Waals surface area contributed by atoms with Crippen molar-refractivity contribution in [3.8, 4) is 22.3 Å². The summed E-state index contributed by atoms with van der Waals surface area (Å²) in [7, 11) is 3.57. The number of fused-ring (bicyclic) bond motifs is 8. The molecule has 81 heavy (non-hydrogen) atoms. The lowest BCUT2D eigenvalue weighted by Crippen LogP contribution is -2.29. The van der Waals surface area contributed by atoms with Gasteiger partial charge in [0.25, 0.3) is 0 Å². The monoisotopic (exact) mass is 1060 g/mol. The quantitative estimate of drug-likeness (QED) is 0.148. The van der Waals surface area contributed by atoms with Crippen molar-refractivity contribution in [3.63, 3.8) is 0 Å². The van der Waals surface area contributed by atoms with Gasteiger partial charge >= 0.3 is 0 Å². The van der Waals surface area contributed by atoms with E-state index < -0.39 is 5.41 Å². The first-order valence-corrected chi connectivity index (χ1v) is 30.0. The Morgan fingerprint density at radius 2 is 0.691 bits per heavy atom. The normalized spacial score (nSPS) is 22.1. The number of allylic oxidation sites excluding steroid dienone is 31. The number of hydrogen-bond acceptors (Lipinski definition) is 4. The Hall–Kier alpha value is -7.76. The number of rotatable bonds is 12. The lowest BCUT2D eigenvalue weighted by atomic mass is 9.65. The molecule has 4 aromatic carbocycles. The highest BCUT2D eigenvalue weighted by Gasteiger charge is 2.54. The van der Waals surface area contributed by atoms with Gasteiger partial charge in [-0.3, -0.25) is 0 Å². The molecule has 1 atom stereocenters. The molecule has 10 aliphatic rings. The molecule has 404 valence electrons. The number of ether oxygens (including phenoxy) is 2. The minimum Gasteiger partial charge on any atom is -0.501 e. The molecule has 4 nitrogen and oxygen atoms in total. The molecule has 1 spiro atoms. The number of hydrogen-bond donors (Lipinski definition) is 2. The van der Waals surface area contributed by atoms with E-state index >= 15 is 0 Å². The van der Waals surface area contributed by atoms with E-state index in [4.69, 9.17) is 9.47 Å². The summed E-state index contributed by atoms with van der Waals surface area (Å²) in [5.41, 5.74) is 35.3. The van der Waals surface area contributed by atoms with E-state index in [1.54, 1.807) is 14.2 Å². The fourth-order valence-electron chi connectivity index (χ4n) is 15.0. The number of benzene rings is 4. The van der Waals surface area contributed by atoms with Gasteiger partial charge in [0.2, 0.25) is 0 Å². The van der Waals surface area contributed by atoms with Gasteiger partial charge in [0.05, 0.1) is 44.4 Å². The Kier molecular flexibility index (Phi) is 13.7. The first-order valence-electron chi connectivity index (χ1n) is 30.0. The van der Waals surface area contributed by atoms with Crippen molar-refractivity contribution in [1.82, 2.24) is 0 Å². The van der Waals surface area contributed by atoms with Crippen LogP contribution in [0.4, 0.5) is 0 Å². The highest BCUT2D eigenvalue weighted by molar-refractivity contribution is 5.99. The number of aliphatic hydroxyl groups excluding tert-OH is 2. The minimum absolute atomic E-state index is 0.0448. The Bertz CT molecular complexity index is 3770. The molecular formula is C77H72O4. The third kappa shape index (κ3) is 9.25. The molecule has 10 aliphatic carbocycles. The average molecular weight is 1060 g/mol. The van der Waals surface area contributed by atoms with Crippen LogP contribution in [-0.4, -0.2) is 31.0 Å². The summed E-state index contributed by atoms with van der Waals surface area (Å²) in [6, 6.07) is 32.4. The van der Waals surface area contributed by atoms with Gasteiger partial charge in [0, 0.05) is 12.8 Å². The maximum Gasteiger partial charge on any atom is 0.0958 e. The minimum atomic E-state index is -0.504. The molecule has 14 rings (SSSR count). The lowest BCUT2D eigenvalue weighted by Gasteiger charge is -2.36. The summed E-state index contributed by atoms with van der Waals surface area (Å²) in [6.45, 7) is 0.190. The summed E-state index contributed by atoms with van der Waals surface area (Å²) >= 11 is 0. The smallest absolute Gasteiger partial charge is 0.0958 e. The van der Waals surface area contributed by atoms with Crippen molar-refractivity contribution < 1.29 is 19.7 Å². The van der Waals surface area contributed by atoms with Crippen molar-refractivity contribution >= 4 is 16.7 Å². The maximum atomic E-state index is 9.81. The highest BCUT2D eigenvalue weighted by Crippen LogP contribution is 2.66. The lowest BCUT2D eigenvalue weighted by molar-refractivity contribution is 0.275. The van der Waals surface area contributed by atoms with Gasteiger partial charge in [-0.2, -0.15) is 0 Å². The molecule has 4 aromatic rings. The molecule has 0 heterocycles. The Balaban J connectivity index is 0.925. The first kappa shape index (κ1) is 51.4. The van der Waals surface area contributed by atoms with E-state index in [-0.39, 0.29) is 13.2 Å². The van der Waals surface area contributed by atoms with E-state index in [9.17, 15) is 10.2 Å². The first-order chi connectivity index (χ1) is 39.9. The van der Waals surface area contributed by atoms with Gasteiger partial charge in [-0.25, -0.2) is 0 Å². The van der Waals surface area contributed by atoms with Gasteiger partial charge in [-0.05, 0) is 259 Å². The van der Waals surface area contributed by atoms with Gasteiger partial charge in [0.1, 0.15) is 0 Å². The number of aliphatic hydroxyl groups is 2. The van der Waals surface area contributed by atoms with Gasteiger partial charge < -0.3 is 19.7 Å². The SMILES string of the molecule is COC1=CC=C(C2=CC=C(C3=CC4=C(CC3)c3ccc(C5=CC=C(C6=CC=C(CO)CC6)CC5)cc3C43C4=C(CCC(C5=CC=C(C6=CC=C(OC)CC6)CC5)=C4)c4ccc(-c5ccc(-c6ccc(CO)cc6)cc5)cc43)CC2)CC1. The second-order valence-corrected chi connectivity index (χ2v) is 23.7. The van der Waals surface area contributed by atoms with Crippen LogP contribution < -0.4 is 0 Å². The summed E-state index contributed by atoms with van der Waals surface area (Å²) in [4.78, 5) is 0. The van der Waals surface area contributed by atoms with Crippen LogP contribution >= 0.6 is 0 Å². The molecule has 0 saturated heterocycles. The summed E-state index contributed by atoms with van der Waals surface area (Å²) in [6.07, 6.45) is 49.5. The van der Waals surface area contributed by atoms with Crippen molar-refractivity contribution in [2.45, 2.75) is 115 Å². The Labute approximate surface area is 479 Å². The van der Waals surface area contributed by atoms with Crippen LogP contribution in [0.5, 0.6) is 0 Å². The summed E-state index contributed by atoms with van der Waals surface area (Å²) in [5, 5.41) is 19.6. The standard InChI is InChI=1S/C77H72O4/c1-80-67-35-27-57(28-36-67)55-15-23-61(24-16-55)65-33-41-71-69-39-31-63(59-19-11-53(12-20-59)51-7-3-49(47-78)4-8-51)43-73(69)77(75(71)45-65)74-44-64(60-21-13-54(14-22-60)52-9-5-50(48-79)6-10-52)32-40-70(74)72-42-34-66(46-76(72)77)62-25-17-56(18-26-62)58-29-37-68(81-2)38-30-58/h3-5,7-9,11-13,15,17,19-21,23,25,27,29,31-32,35,37,39-40,43-46,78-79H,6,10,14,16,18,22,24,26,28,30,33-34,36,38,41-42,47-48H2,1-2H3. The van der Waals surface area contributed by atoms with Crippen LogP contribution in [0.15, 0.2) is 254 Å². The van der Waals surface area contributed by atoms with E-state index in [0.29, 0.717) is 0 Å². The maximum absolute atomic E-state index is 9.81. The van der Waals surface area contributed by atoms with Gasteiger partial charge in [-0.1, -0.05) is 146 Å². The van der Waals surface area contributed by atoms with Crippen LogP contribution in [0.25, 0.3) is 39.0 Å². The second-order valence-electron chi connectivity index (χ2n) is 23.7. The fraction of sp³-hybridized carbons (Fsp3) is 0.273. The molecule has 0 aromatic heterocycles. The fourth-order valence-corrected chi connectivity index (χ4v) is 15.0. The van der Waals surface area contributed by atoms with Crippen LogP contribution in [0.2, 0.25) is 0 Å². The van der Waals surface area contributed by atoms with Crippen LogP contribution in [0, 0.1) is 0 Å². The zero-order valence-electron chi connectivity index (χ0n) is 47.1. The van der Waals surface area contributed by atoms with E-state index in [1.165, 1.54) is 128 Å². The molecule has 4 heteroatoms. The molecule has 0 saturated carbocycles. The number of methoxy groups -OCH3 is 2. The molecule has 2 N–H and O–H groups in total. The van der Waals surface area contributed by atoms with Crippen molar-refractivity contribution in [1.29, 1.82) is 0 Å². The molecule has 0 radical (unpaired) electrons. The average Bonchev–Trinajstić information content (AvgIpc) is 4.22. The van der Waals surface area contributed by atoms with Gasteiger partial charge in [0.15, 0.2) is 0 Å². The van der Waals surface area contributed by atoms with Gasteiger partial charge in [-0.15, -0.1) is 0 Å². The third-order valence-corrected chi connectivity index (χ3v) is 19.6. The molecule has 0 fully saturated rings. The largest absolute Gasteiger partial charge is 0.501 e. The van der Waals surface area contributed by atoms with Crippen LogP contribution in [-0.2, 0) is 21.5 Å². The zero-order valence-corrected chi connectivity index (χ0v) is 47.1. The van der Waals surface area contributed by atoms with Crippen LogP contribution in [0.3, 0.4) is 0 Å². The van der Waals surface area contributed by atoms with E-state index in [0.717, 1.165) is 131 Å². The van der Waals surface area contributed by atoms with E-state index in [2.05, 4.69) is 158 Å². The zero-order chi connectivity index (χ0) is 54.6. The van der Waals surface area contributed by atoms with E-state index in [1.807, 2.05) is 12.1 Å². The second kappa shape index (κ2) is 21.6. The third-order valence-electron chi connectivity index (χ3n) is 19.6. The highest BCUT2D eigenvalue weighted by atomic mass is 16.5. The summed E-state index contributed by atoms with van der Waals surface area (Å²) in [5.74, 6) is 2.14. The van der Waals surface area contributed by atoms with Crippen molar-refractivity contribution in [2.75, 3.05) is 20.8 Å². The molecule has 0 aliphatic heterocycles.